The Labute approximate surface area is 181 Å². The average molecular weight is 471 g/mol. The van der Waals surface area contributed by atoms with Gasteiger partial charge in [0.25, 0.3) is 10.0 Å². The Balaban J connectivity index is 1.64. The van der Waals surface area contributed by atoms with Gasteiger partial charge in [-0.25, -0.2) is 17.2 Å². The summed E-state index contributed by atoms with van der Waals surface area (Å²) in [7, 11) is -4.10. The molecule has 0 bridgehead atoms. The monoisotopic (exact) mass is 470 g/mol. The molecule has 3 aromatic carbocycles. The van der Waals surface area contributed by atoms with Crippen molar-refractivity contribution >= 4 is 50.5 Å². The zero-order valence-corrected chi connectivity index (χ0v) is 17.5. The molecule has 0 aliphatic rings. The predicted octanol–water partition coefficient (Wildman–Crippen LogP) is 5.25. The highest BCUT2D eigenvalue weighted by Crippen LogP contribution is 2.23. The van der Waals surface area contributed by atoms with E-state index in [9.17, 15) is 22.0 Å². The van der Waals surface area contributed by atoms with Crippen molar-refractivity contribution in [3.63, 3.8) is 0 Å². The maximum Gasteiger partial charge on any atom is 0.261 e. The molecule has 3 aromatic rings. The van der Waals surface area contributed by atoms with Gasteiger partial charge in [-0.15, -0.1) is 0 Å². The molecule has 0 radical (unpaired) electrons. The molecule has 10 heteroatoms. The molecule has 0 spiro atoms. The molecule has 2 N–H and O–H groups in total. The molecule has 0 atom stereocenters. The molecule has 30 heavy (non-hydrogen) atoms. The highest BCUT2D eigenvalue weighted by Gasteiger charge is 2.17. The molecule has 1 amide bonds. The van der Waals surface area contributed by atoms with Gasteiger partial charge in [0, 0.05) is 11.4 Å². The number of hydrogen-bond acceptors (Lipinski definition) is 3. The zero-order valence-electron chi connectivity index (χ0n) is 15.1. The highest BCUT2D eigenvalue weighted by atomic mass is 35.5. The standard InChI is InChI=1S/C20H14Cl2F2N2O3S/c21-16-7-1-12(9-17(16)22)10-20(27)25-13-2-4-14(5-3-13)26-30(28,29)15-6-8-18(23)19(24)11-15/h1-9,11,26H,10H2,(H,25,27). The molecule has 0 unspecified atom stereocenters. The Kier molecular flexibility index (Phi) is 6.60. The van der Waals surface area contributed by atoms with Gasteiger partial charge < -0.3 is 5.32 Å². The minimum absolute atomic E-state index is 0.0708. The normalized spacial score (nSPS) is 11.2. The van der Waals surface area contributed by atoms with Crippen molar-refractivity contribution in [3.8, 4) is 0 Å². The fraction of sp³-hybridized carbons (Fsp3) is 0.0500. The number of benzene rings is 3. The number of sulfonamides is 1. The van der Waals surface area contributed by atoms with E-state index >= 15 is 0 Å². The summed E-state index contributed by atoms with van der Waals surface area (Å²) in [6.45, 7) is 0. The van der Waals surface area contributed by atoms with E-state index in [2.05, 4.69) is 10.0 Å². The minimum Gasteiger partial charge on any atom is -0.326 e. The van der Waals surface area contributed by atoms with E-state index in [1.807, 2.05) is 0 Å². The van der Waals surface area contributed by atoms with Gasteiger partial charge in [0.15, 0.2) is 11.6 Å². The maximum absolute atomic E-state index is 13.3. The van der Waals surface area contributed by atoms with E-state index in [0.29, 0.717) is 27.4 Å². The Bertz CT molecular complexity index is 1200. The second kappa shape index (κ2) is 8.99. The third-order valence-corrected chi connectivity index (χ3v) is 6.09. The number of halogens is 4. The van der Waals surface area contributed by atoms with Gasteiger partial charge in [-0.2, -0.15) is 0 Å². The lowest BCUT2D eigenvalue weighted by Crippen LogP contribution is -2.15. The van der Waals surface area contributed by atoms with Crippen LogP contribution in [0.2, 0.25) is 10.0 Å². The van der Waals surface area contributed by atoms with Crippen molar-refractivity contribution in [3.05, 3.63) is 87.9 Å². The van der Waals surface area contributed by atoms with E-state index in [-0.39, 0.29) is 18.0 Å². The van der Waals surface area contributed by atoms with Gasteiger partial charge in [-0.05, 0) is 60.2 Å². The van der Waals surface area contributed by atoms with Crippen LogP contribution in [0.4, 0.5) is 20.2 Å². The van der Waals surface area contributed by atoms with Crippen molar-refractivity contribution in [2.75, 3.05) is 10.0 Å². The molecule has 0 aliphatic heterocycles. The molecule has 156 valence electrons. The predicted molar refractivity (Wildman–Crippen MR) is 112 cm³/mol. The molecule has 0 saturated carbocycles. The van der Waals surface area contributed by atoms with E-state index in [1.165, 1.54) is 24.3 Å². The molecule has 0 saturated heterocycles. The van der Waals surface area contributed by atoms with Crippen molar-refractivity contribution < 1.29 is 22.0 Å². The number of hydrogen-bond donors (Lipinski definition) is 2. The quantitative estimate of drug-likeness (QED) is 0.516. The van der Waals surface area contributed by atoms with Crippen LogP contribution in [0.1, 0.15) is 5.56 Å². The summed E-state index contributed by atoms with van der Waals surface area (Å²) in [5.74, 6) is -2.71. The first-order valence-electron chi connectivity index (χ1n) is 8.46. The summed E-state index contributed by atoms with van der Waals surface area (Å²) in [5.41, 5.74) is 1.30. The van der Waals surface area contributed by atoms with Gasteiger partial charge in [-0.1, -0.05) is 29.3 Å². The van der Waals surface area contributed by atoms with Crippen LogP contribution in [-0.4, -0.2) is 14.3 Å². The molecule has 0 fully saturated rings. The summed E-state index contributed by atoms with van der Waals surface area (Å²) >= 11 is 11.8. The number of carbonyl (C=O) groups excluding carboxylic acids is 1. The molecular formula is C20H14Cl2F2N2O3S. The number of nitrogens with one attached hydrogen (secondary N) is 2. The van der Waals surface area contributed by atoms with Crippen LogP contribution in [0.25, 0.3) is 0 Å². The lowest BCUT2D eigenvalue weighted by atomic mass is 10.1. The summed E-state index contributed by atoms with van der Waals surface area (Å²) in [5, 5.41) is 3.41. The summed E-state index contributed by atoms with van der Waals surface area (Å²) in [4.78, 5) is 11.8. The van der Waals surface area contributed by atoms with Crippen LogP contribution in [0.5, 0.6) is 0 Å². The minimum atomic E-state index is -4.10. The second-order valence-electron chi connectivity index (χ2n) is 6.23. The number of rotatable bonds is 6. The van der Waals surface area contributed by atoms with E-state index in [1.54, 1.807) is 18.2 Å². The fourth-order valence-corrected chi connectivity index (χ4v) is 3.91. The molecule has 3 rings (SSSR count). The third kappa shape index (κ3) is 5.47. The van der Waals surface area contributed by atoms with Crippen molar-refractivity contribution in [1.29, 1.82) is 0 Å². The SMILES string of the molecule is O=C(Cc1ccc(Cl)c(Cl)c1)Nc1ccc(NS(=O)(=O)c2ccc(F)c(F)c2)cc1. The number of anilines is 2. The smallest absolute Gasteiger partial charge is 0.261 e. The third-order valence-electron chi connectivity index (χ3n) is 3.97. The first-order valence-corrected chi connectivity index (χ1v) is 10.7. The Morgan fingerprint density at radius 2 is 1.50 bits per heavy atom. The summed E-state index contributed by atoms with van der Waals surface area (Å²) < 4.78 is 53.1. The van der Waals surface area contributed by atoms with Crippen LogP contribution in [0.15, 0.2) is 65.6 Å². The van der Waals surface area contributed by atoms with E-state index in [0.717, 1.165) is 12.1 Å². The summed E-state index contributed by atoms with van der Waals surface area (Å²) in [6, 6.07) is 13.0. The topological polar surface area (TPSA) is 75.3 Å². The van der Waals surface area contributed by atoms with Crippen LogP contribution in [0.3, 0.4) is 0 Å². The molecular weight excluding hydrogens is 457 g/mol. The second-order valence-corrected chi connectivity index (χ2v) is 8.73. The molecule has 0 aromatic heterocycles. The van der Waals surface area contributed by atoms with Crippen LogP contribution < -0.4 is 10.0 Å². The Hall–Kier alpha value is -2.68. The van der Waals surface area contributed by atoms with Crippen molar-refractivity contribution in [2.24, 2.45) is 0 Å². The average Bonchev–Trinajstić information content (AvgIpc) is 2.68. The van der Waals surface area contributed by atoms with Gasteiger partial charge >= 0.3 is 0 Å². The largest absolute Gasteiger partial charge is 0.326 e. The van der Waals surface area contributed by atoms with E-state index < -0.39 is 26.6 Å². The molecule has 5 nitrogen and oxygen atoms in total. The van der Waals surface area contributed by atoms with Gasteiger partial charge in [-0.3, -0.25) is 9.52 Å². The zero-order chi connectivity index (χ0) is 21.9. The lowest BCUT2D eigenvalue weighted by molar-refractivity contribution is -0.115. The van der Waals surface area contributed by atoms with E-state index in [4.69, 9.17) is 23.2 Å². The lowest BCUT2D eigenvalue weighted by Gasteiger charge is -2.10. The maximum atomic E-state index is 13.3. The number of amides is 1. The molecule has 0 aliphatic carbocycles. The molecule has 0 heterocycles. The van der Waals surface area contributed by atoms with Gasteiger partial charge in [0.2, 0.25) is 5.91 Å². The highest BCUT2D eigenvalue weighted by molar-refractivity contribution is 7.92. The van der Waals surface area contributed by atoms with Gasteiger partial charge in [0.05, 0.1) is 21.4 Å². The number of carbonyl (C=O) groups is 1. The summed E-state index contributed by atoms with van der Waals surface area (Å²) in [6.07, 6.45) is 0.0708. The fourth-order valence-electron chi connectivity index (χ4n) is 2.52. The van der Waals surface area contributed by atoms with Crippen LogP contribution in [-0.2, 0) is 21.2 Å². The van der Waals surface area contributed by atoms with Crippen molar-refractivity contribution in [2.45, 2.75) is 11.3 Å². The Morgan fingerprint density at radius 1 is 0.833 bits per heavy atom. The van der Waals surface area contributed by atoms with Crippen molar-refractivity contribution in [1.82, 2.24) is 0 Å². The van der Waals surface area contributed by atoms with Gasteiger partial charge in [0.1, 0.15) is 0 Å². The Morgan fingerprint density at radius 3 is 2.13 bits per heavy atom. The van der Waals surface area contributed by atoms with Crippen LogP contribution >= 0.6 is 23.2 Å². The first-order chi connectivity index (χ1) is 14.1. The van der Waals surface area contributed by atoms with Crippen LogP contribution in [0, 0.1) is 11.6 Å². The first kappa shape index (κ1) is 22.0.